The van der Waals surface area contributed by atoms with E-state index >= 15 is 0 Å². The Kier molecular flexibility index (Phi) is 5.45. The Hall–Kier alpha value is -2.65. The standard InChI is InChI=1S/C20H18N2O5S/c23-19-14-7-3-1-5-12(14)9-10-16(19)21-22-18-17(28-27-26-25)11-13-6-2-4-8-15(13)20(18)24/h2,4,6,8-11,23-25H,1,3,5,7H2. The number of benzene rings is 3. The summed E-state index contributed by atoms with van der Waals surface area (Å²) in [7, 11) is 0. The van der Waals surface area contributed by atoms with Gasteiger partial charge >= 0.3 is 0 Å². The lowest BCUT2D eigenvalue weighted by Crippen LogP contribution is -2.02. The maximum absolute atomic E-state index is 10.7. The van der Waals surface area contributed by atoms with Crippen LogP contribution in [0.5, 0.6) is 11.5 Å². The third-order valence-electron chi connectivity index (χ3n) is 4.85. The van der Waals surface area contributed by atoms with Crippen LogP contribution < -0.4 is 0 Å². The van der Waals surface area contributed by atoms with Gasteiger partial charge in [-0.1, -0.05) is 35.4 Å². The molecule has 144 valence electrons. The molecule has 0 atom stereocenters. The van der Waals surface area contributed by atoms with Crippen LogP contribution in [0.3, 0.4) is 0 Å². The maximum atomic E-state index is 10.7. The number of aryl methyl sites for hydroxylation is 1. The highest BCUT2D eigenvalue weighted by Crippen LogP contribution is 2.45. The number of fused-ring (bicyclic) bond motifs is 2. The van der Waals surface area contributed by atoms with Crippen LogP contribution in [0, 0.1) is 0 Å². The summed E-state index contributed by atoms with van der Waals surface area (Å²) >= 11 is 0.690. The largest absolute Gasteiger partial charge is 0.505 e. The van der Waals surface area contributed by atoms with E-state index < -0.39 is 0 Å². The van der Waals surface area contributed by atoms with Gasteiger partial charge in [-0.15, -0.1) is 14.6 Å². The predicted octanol–water partition coefficient (Wildman–Crippen LogP) is 5.97. The molecule has 0 saturated heterocycles. The number of aromatic hydroxyl groups is 2. The van der Waals surface area contributed by atoms with Crippen LogP contribution >= 0.6 is 12.0 Å². The van der Waals surface area contributed by atoms with Crippen molar-refractivity contribution in [2.75, 3.05) is 0 Å². The Labute approximate surface area is 165 Å². The monoisotopic (exact) mass is 398 g/mol. The van der Waals surface area contributed by atoms with Crippen LogP contribution in [0.25, 0.3) is 10.8 Å². The highest BCUT2D eigenvalue weighted by molar-refractivity contribution is 7.94. The first-order valence-electron chi connectivity index (χ1n) is 8.84. The smallest absolute Gasteiger partial charge is 0.152 e. The van der Waals surface area contributed by atoms with Gasteiger partial charge in [0.15, 0.2) is 5.75 Å². The molecule has 0 heterocycles. The van der Waals surface area contributed by atoms with Crippen molar-refractivity contribution in [3.05, 3.63) is 53.6 Å². The molecule has 0 saturated carbocycles. The summed E-state index contributed by atoms with van der Waals surface area (Å²) in [6.07, 6.45) is 3.91. The lowest BCUT2D eigenvalue weighted by molar-refractivity contribution is -0.432. The SMILES string of the molecule is OOOSc1cc2ccccc2c(O)c1N=Nc1ccc2c(c1O)CCCC2. The fraction of sp³-hybridized carbons (Fsp3) is 0.200. The molecule has 0 amide bonds. The van der Waals surface area contributed by atoms with Gasteiger partial charge < -0.3 is 10.2 Å². The van der Waals surface area contributed by atoms with Crippen molar-refractivity contribution in [3.8, 4) is 11.5 Å². The van der Waals surface area contributed by atoms with E-state index in [1.165, 1.54) is 0 Å². The summed E-state index contributed by atoms with van der Waals surface area (Å²) < 4.78 is 4.52. The van der Waals surface area contributed by atoms with Gasteiger partial charge in [-0.05, 0) is 54.3 Å². The summed E-state index contributed by atoms with van der Waals surface area (Å²) in [5.41, 5.74) is 2.54. The number of nitrogens with zero attached hydrogens (tertiary/aromatic N) is 2. The average molecular weight is 398 g/mol. The minimum Gasteiger partial charge on any atom is -0.505 e. The summed E-state index contributed by atoms with van der Waals surface area (Å²) in [5, 5.41) is 43.1. The van der Waals surface area contributed by atoms with Gasteiger partial charge in [0, 0.05) is 5.39 Å². The second-order valence-corrected chi connectivity index (χ2v) is 7.24. The molecule has 4 rings (SSSR count). The first-order valence-corrected chi connectivity index (χ1v) is 9.58. The molecule has 28 heavy (non-hydrogen) atoms. The third-order valence-corrected chi connectivity index (χ3v) is 5.47. The van der Waals surface area contributed by atoms with Crippen molar-refractivity contribution >= 4 is 34.2 Å². The van der Waals surface area contributed by atoms with E-state index in [1.807, 2.05) is 18.2 Å². The van der Waals surface area contributed by atoms with Crippen LogP contribution in [0.1, 0.15) is 24.0 Å². The Morgan fingerprint density at radius 1 is 0.929 bits per heavy atom. The zero-order chi connectivity index (χ0) is 19.5. The van der Waals surface area contributed by atoms with Crippen LogP contribution in [-0.4, -0.2) is 15.5 Å². The molecular weight excluding hydrogens is 380 g/mol. The first kappa shape index (κ1) is 18.7. The van der Waals surface area contributed by atoms with Crippen LogP contribution in [0.4, 0.5) is 11.4 Å². The van der Waals surface area contributed by atoms with Crippen molar-refractivity contribution in [1.29, 1.82) is 0 Å². The minimum atomic E-state index is -0.0802. The van der Waals surface area contributed by atoms with E-state index in [0.717, 1.165) is 42.2 Å². The molecule has 0 bridgehead atoms. The van der Waals surface area contributed by atoms with Crippen LogP contribution in [-0.2, 0) is 22.2 Å². The van der Waals surface area contributed by atoms with E-state index in [9.17, 15) is 10.2 Å². The quantitative estimate of drug-likeness (QED) is 0.212. The van der Waals surface area contributed by atoms with Gasteiger partial charge in [-0.2, -0.15) is 0 Å². The molecule has 0 aromatic heterocycles. The van der Waals surface area contributed by atoms with Crippen molar-refractivity contribution in [2.45, 2.75) is 30.6 Å². The lowest BCUT2D eigenvalue weighted by atomic mass is 9.90. The number of hydrogen-bond acceptors (Lipinski definition) is 8. The number of phenols is 2. The second-order valence-electron chi connectivity index (χ2n) is 6.50. The van der Waals surface area contributed by atoms with E-state index in [2.05, 4.69) is 19.6 Å². The number of hydrogen-bond donors (Lipinski definition) is 3. The maximum Gasteiger partial charge on any atom is 0.152 e. The molecule has 7 nitrogen and oxygen atoms in total. The first-order chi connectivity index (χ1) is 13.7. The molecule has 1 aliphatic carbocycles. The summed E-state index contributed by atoms with van der Waals surface area (Å²) in [4.78, 5) is 0.395. The van der Waals surface area contributed by atoms with Gasteiger partial charge in [0.1, 0.15) is 17.1 Å². The molecule has 8 heteroatoms. The highest BCUT2D eigenvalue weighted by Gasteiger charge is 2.17. The van der Waals surface area contributed by atoms with E-state index in [0.29, 0.717) is 28.0 Å². The lowest BCUT2D eigenvalue weighted by Gasteiger charge is -2.17. The van der Waals surface area contributed by atoms with Crippen molar-refractivity contribution in [1.82, 2.24) is 0 Å². The summed E-state index contributed by atoms with van der Waals surface area (Å²) in [6.45, 7) is 0. The Balaban J connectivity index is 1.77. The Morgan fingerprint density at radius 2 is 1.75 bits per heavy atom. The molecule has 3 N–H and O–H groups in total. The fourth-order valence-electron chi connectivity index (χ4n) is 3.49. The molecule has 3 aromatic carbocycles. The number of rotatable bonds is 5. The molecule has 0 unspecified atom stereocenters. The van der Waals surface area contributed by atoms with Crippen LogP contribution in [0.15, 0.2) is 57.6 Å². The number of phenolic OH excluding ortho intramolecular Hbond substituents is 2. The molecule has 0 spiro atoms. The summed E-state index contributed by atoms with van der Waals surface area (Å²) in [6, 6.07) is 12.7. The number of azo groups is 1. The van der Waals surface area contributed by atoms with Crippen molar-refractivity contribution in [3.63, 3.8) is 0 Å². The van der Waals surface area contributed by atoms with Gasteiger partial charge in [-0.25, -0.2) is 5.26 Å². The Bertz CT molecular complexity index is 1050. The zero-order valence-electron chi connectivity index (χ0n) is 14.8. The highest BCUT2D eigenvalue weighted by atomic mass is 32.2. The van der Waals surface area contributed by atoms with E-state index in [-0.39, 0.29) is 17.2 Å². The van der Waals surface area contributed by atoms with Crippen molar-refractivity contribution < 1.29 is 24.8 Å². The minimum absolute atomic E-state index is 0.0802. The van der Waals surface area contributed by atoms with Crippen molar-refractivity contribution in [2.24, 2.45) is 10.2 Å². The Morgan fingerprint density at radius 3 is 2.61 bits per heavy atom. The molecule has 3 aromatic rings. The molecule has 0 radical (unpaired) electrons. The predicted molar refractivity (Wildman–Crippen MR) is 105 cm³/mol. The van der Waals surface area contributed by atoms with Gasteiger partial charge in [0.25, 0.3) is 0 Å². The molecule has 1 aliphatic rings. The molecule has 0 aliphatic heterocycles. The molecular formula is C20H18N2O5S. The van der Waals surface area contributed by atoms with E-state index in [1.54, 1.807) is 24.3 Å². The van der Waals surface area contributed by atoms with Gasteiger partial charge in [0.05, 0.1) is 16.9 Å². The topological polar surface area (TPSA) is 104 Å². The summed E-state index contributed by atoms with van der Waals surface area (Å²) in [5.74, 6) is 0.0497. The zero-order valence-corrected chi connectivity index (χ0v) is 15.6. The molecule has 0 fully saturated rings. The normalized spacial score (nSPS) is 13.9. The van der Waals surface area contributed by atoms with Gasteiger partial charge in [-0.3, -0.25) is 0 Å². The van der Waals surface area contributed by atoms with Crippen LogP contribution in [0.2, 0.25) is 0 Å². The fourth-order valence-corrected chi connectivity index (χ4v) is 3.98. The van der Waals surface area contributed by atoms with E-state index in [4.69, 9.17) is 5.26 Å². The second kappa shape index (κ2) is 8.15. The van der Waals surface area contributed by atoms with Gasteiger partial charge in [0.2, 0.25) is 0 Å². The third kappa shape index (κ3) is 3.55. The average Bonchev–Trinajstić information content (AvgIpc) is 2.73.